The van der Waals surface area contributed by atoms with E-state index in [4.69, 9.17) is 0 Å². The predicted octanol–water partition coefficient (Wildman–Crippen LogP) is 2.37. The lowest BCUT2D eigenvalue weighted by Crippen LogP contribution is -1.99. The maximum atomic E-state index is 10.8. The van der Waals surface area contributed by atoms with Gasteiger partial charge in [0.25, 0.3) is 0 Å². The van der Waals surface area contributed by atoms with Gasteiger partial charge in [0.05, 0.1) is 7.11 Å². The second-order valence-corrected chi connectivity index (χ2v) is 3.99. The highest BCUT2D eigenvalue weighted by Gasteiger charge is 2.01. The maximum absolute atomic E-state index is 10.8. The fourth-order valence-electron chi connectivity index (χ4n) is 1.68. The van der Waals surface area contributed by atoms with Crippen LogP contribution in [-0.4, -0.2) is 23.3 Å². The molecule has 17 heavy (non-hydrogen) atoms. The summed E-state index contributed by atoms with van der Waals surface area (Å²) in [6.45, 7) is 0. The summed E-state index contributed by atoms with van der Waals surface area (Å²) in [6, 6.07) is 4.58. The monoisotopic (exact) mass is 238 g/mol. The number of carbonyl (C=O) groups is 1. The van der Waals surface area contributed by atoms with Crippen LogP contribution in [0.2, 0.25) is 0 Å². The highest BCUT2D eigenvalue weighted by Crippen LogP contribution is 2.21. The van der Waals surface area contributed by atoms with Gasteiger partial charge in [-0.3, -0.25) is 4.79 Å². The van der Waals surface area contributed by atoms with Gasteiger partial charge < -0.3 is 14.9 Å². The second-order valence-electron chi connectivity index (χ2n) is 3.99. The fraction of sp³-hybridized carbons (Fsp3) is 0.462. The van der Waals surface area contributed by atoms with Crippen molar-refractivity contribution < 1.29 is 19.7 Å². The Balaban J connectivity index is 2.24. The van der Waals surface area contributed by atoms with Crippen LogP contribution in [0.5, 0.6) is 11.5 Å². The third-order valence-corrected chi connectivity index (χ3v) is 2.54. The average Bonchev–Trinajstić information content (AvgIpc) is 2.27. The minimum atomic E-state index is -0.181. The van der Waals surface area contributed by atoms with E-state index < -0.39 is 0 Å². The third-order valence-electron chi connectivity index (χ3n) is 2.54. The number of benzene rings is 1. The third kappa shape index (κ3) is 5.24. The molecule has 94 valence electrons. The van der Waals surface area contributed by atoms with Crippen molar-refractivity contribution in [3.8, 4) is 11.5 Å². The van der Waals surface area contributed by atoms with Crippen molar-refractivity contribution in [2.45, 2.75) is 32.1 Å². The predicted molar refractivity (Wildman–Crippen MR) is 64.0 cm³/mol. The molecule has 0 radical (unpaired) electrons. The number of hydrogen-bond acceptors (Lipinski definition) is 4. The van der Waals surface area contributed by atoms with Crippen LogP contribution in [0.1, 0.15) is 31.2 Å². The zero-order chi connectivity index (χ0) is 12.7. The van der Waals surface area contributed by atoms with Gasteiger partial charge in [-0.15, -0.1) is 0 Å². The lowest BCUT2D eigenvalue weighted by molar-refractivity contribution is -0.140. The number of hydrogen-bond donors (Lipinski definition) is 2. The highest BCUT2D eigenvalue weighted by atomic mass is 16.5. The Hall–Kier alpha value is -1.71. The molecule has 0 aromatic heterocycles. The van der Waals surface area contributed by atoms with Crippen molar-refractivity contribution in [2.24, 2.45) is 0 Å². The number of phenolic OH excluding ortho intramolecular Hbond substituents is 2. The number of carbonyl (C=O) groups excluding carboxylic acids is 1. The van der Waals surface area contributed by atoms with Gasteiger partial charge in [-0.05, 0) is 37.0 Å². The molecular weight excluding hydrogens is 220 g/mol. The summed E-state index contributed by atoms with van der Waals surface area (Å²) in [5.74, 6) is -0.0240. The van der Waals surface area contributed by atoms with Crippen molar-refractivity contribution in [1.82, 2.24) is 0 Å². The summed E-state index contributed by atoms with van der Waals surface area (Å²) in [6.07, 6.45) is 3.87. The Bertz CT molecular complexity index is 353. The van der Waals surface area contributed by atoms with Gasteiger partial charge in [-0.1, -0.05) is 6.42 Å². The first kappa shape index (κ1) is 13.4. The summed E-state index contributed by atoms with van der Waals surface area (Å²) < 4.78 is 4.54. The van der Waals surface area contributed by atoms with Crippen LogP contribution in [0.4, 0.5) is 0 Å². The van der Waals surface area contributed by atoms with Gasteiger partial charge in [0.1, 0.15) is 11.5 Å². The van der Waals surface area contributed by atoms with E-state index in [0.29, 0.717) is 6.42 Å². The number of aromatic hydroxyl groups is 2. The molecule has 0 unspecified atom stereocenters. The summed E-state index contributed by atoms with van der Waals surface area (Å²) in [4.78, 5) is 10.8. The van der Waals surface area contributed by atoms with E-state index in [1.54, 1.807) is 12.1 Å². The first-order valence-electron chi connectivity index (χ1n) is 5.70. The normalized spacial score (nSPS) is 10.2. The van der Waals surface area contributed by atoms with Gasteiger partial charge in [0.15, 0.2) is 0 Å². The first-order valence-corrected chi connectivity index (χ1v) is 5.70. The van der Waals surface area contributed by atoms with E-state index in [2.05, 4.69) is 4.74 Å². The number of rotatable bonds is 6. The molecule has 0 saturated heterocycles. The number of phenols is 2. The van der Waals surface area contributed by atoms with E-state index >= 15 is 0 Å². The quantitative estimate of drug-likeness (QED) is 0.590. The molecule has 1 aromatic carbocycles. The largest absolute Gasteiger partial charge is 0.508 e. The minimum Gasteiger partial charge on any atom is -0.508 e. The van der Waals surface area contributed by atoms with E-state index in [0.717, 1.165) is 31.2 Å². The van der Waals surface area contributed by atoms with Crippen LogP contribution < -0.4 is 0 Å². The van der Waals surface area contributed by atoms with E-state index in [1.807, 2.05) is 0 Å². The molecule has 2 N–H and O–H groups in total. The van der Waals surface area contributed by atoms with E-state index in [1.165, 1.54) is 13.2 Å². The smallest absolute Gasteiger partial charge is 0.305 e. The van der Waals surface area contributed by atoms with E-state index in [9.17, 15) is 15.0 Å². The van der Waals surface area contributed by atoms with Crippen LogP contribution in [0.3, 0.4) is 0 Å². The summed E-state index contributed by atoms with van der Waals surface area (Å²) in [5.41, 5.74) is 0.903. The molecule has 4 heteroatoms. The summed E-state index contributed by atoms with van der Waals surface area (Å²) in [7, 11) is 1.39. The van der Waals surface area contributed by atoms with Crippen LogP contribution in [0.15, 0.2) is 18.2 Å². The summed E-state index contributed by atoms with van der Waals surface area (Å²) in [5, 5.41) is 18.6. The molecule has 1 rings (SSSR count). The van der Waals surface area contributed by atoms with Gasteiger partial charge in [-0.25, -0.2) is 0 Å². The molecule has 0 bridgehead atoms. The lowest BCUT2D eigenvalue weighted by atomic mass is 10.1. The maximum Gasteiger partial charge on any atom is 0.305 e. The molecule has 0 fully saturated rings. The van der Waals surface area contributed by atoms with Crippen LogP contribution in [-0.2, 0) is 16.0 Å². The Kier molecular flexibility index (Phi) is 5.33. The highest BCUT2D eigenvalue weighted by molar-refractivity contribution is 5.68. The topological polar surface area (TPSA) is 66.8 Å². The van der Waals surface area contributed by atoms with Crippen molar-refractivity contribution >= 4 is 5.97 Å². The average molecular weight is 238 g/mol. The van der Waals surface area contributed by atoms with Crippen molar-refractivity contribution in [1.29, 1.82) is 0 Å². The molecule has 4 nitrogen and oxygen atoms in total. The number of methoxy groups -OCH3 is 1. The lowest BCUT2D eigenvalue weighted by Gasteiger charge is -2.03. The Morgan fingerprint density at radius 1 is 1.12 bits per heavy atom. The Morgan fingerprint density at radius 3 is 2.35 bits per heavy atom. The van der Waals surface area contributed by atoms with Crippen LogP contribution in [0, 0.1) is 0 Å². The van der Waals surface area contributed by atoms with Crippen LogP contribution in [0.25, 0.3) is 0 Å². The van der Waals surface area contributed by atoms with E-state index in [-0.39, 0.29) is 17.5 Å². The molecule has 1 aromatic rings. The van der Waals surface area contributed by atoms with Gasteiger partial charge in [0, 0.05) is 12.5 Å². The number of unbranched alkanes of at least 4 members (excludes halogenated alkanes) is 2. The first-order chi connectivity index (χ1) is 8.11. The number of ether oxygens (including phenoxy) is 1. The zero-order valence-electron chi connectivity index (χ0n) is 9.98. The fourth-order valence-corrected chi connectivity index (χ4v) is 1.68. The van der Waals surface area contributed by atoms with Crippen molar-refractivity contribution in [2.75, 3.05) is 7.11 Å². The molecule has 0 amide bonds. The number of esters is 1. The zero-order valence-corrected chi connectivity index (χ0v) is 9.98. The van der Waals surface area contributed by atoms with Crippen molar-refractivity contribution in [3.63, 3.8) is 0 Å². The van der Waals surface area contributed by atoms with Gasteiger partial charge in [0.2, 0.25) is 0 Å². The van der Waals surface area contributed by atoms with Gasteiger partial charge >= 0.3 is 5.97 Å². The van der Waals surface area contributed by atoms with Crippen LogP contribution >= 0.6 is 0 Å². The number of aryl methyl sites for hydroxylation is 1. The minimum absolute atomic E-state index is 0.0783. The van der Waals surface area contributed by atoms with Gasteiger partial charge in [-0.2, -0.15) is 0 Å². The van der Waals surface area contributed by atoms with Crippen molar-refractivity contribution in [3.05, 3.63) is 23.8 Å². The Labute approximate surface area is 101 Å². The molecule has 0 aliphatic rings. The molecule has 0 atom stereocenters. The molecule has 0 aliphatic heterocycles. The molecule has 0 saturated carbocycles. The Morgan fingerprint density at radius 2 is 1.76 bits per heavy atom. The summed E-state index contributed by atoms with van der Waals surface area (Å²) >= 11 is 0. The molecule has 0 spiro atoms. The molecule has 0 heterocycles. The second kappa shape index (κ2) is 6.78. The molecule has 0 aliphatic carbocycles. The molecular formula is C13H18O4. The standard InChI is InChI=1S/C13H18O4/c1-17-13(16)6-4-2-3-5-10-7-11(14)9-12(15)8-10/h7-9,14-15H,2-6H2,1H3. The SMILES string of the molecule is COC(=O)CCCCCc1cc(O)cc(O)c1.